The van der Waals surface area contributed by atoms with Gasteiger partial charge in [-0.15, -0.1) is 0 Å². The second-order valence-corrected chi connectivity index (χ2v) is 6.57. The number of piperidine rings is 1. The van der Waals surface area contributed by atoms with Crippen LogP contribution in [-0.4, -0.2) is 64.4 Å². The second-order valence-electron chi connectivity index (χ2n) is 6.57. The lowest BCUT2D eigenvalue weighted by atomic mass is 9.97. The highest BCUT2D eigenvalue weighted by Gasteiger charge is 2.19. The van der Waals surface area contributed by atoms with Crippen molar-refractivity contribution in [2.75, 3.05) is 46.9 Å². The van der Waals surface area contributed by atoms with Crippen molar-refractivity contribution in [1.29, 1.82) is 0 Å². The Kier molecular flexibility index (Phi) is 9.27. The number of guanidine groups is 1. The fraction of sp³-hybridized carbons (Fsp3) is 0.632. The molecule has 0 amide bonds. The Morgan fingerprint density at radius 3 is 2.67 bits per heavy atom. The maximum absolute atomic E-state index is 12.5. The number of ether oxygens (including phenoxy) is 2. The van der Waals surface area contributed by atoms with Crippen molar-refractivity contribution in [3.05, 3.63) is 29.8 Å². The Labute approximate surface area is 159 Å². The topological polar surface area (TPSA) is 58.1 Å². The monoisotopic (exact) mass is 384 g/mol. The zero-order chi connectivity index (χ0) is 19.5. The van der Waals surface area contributed by atoms with Crippen molar-refractivity contribution in [2.24, 2.45) is 10.9 Å². The average molecular weight is 384 g/mol. The SMILES string of the molecule is CN=C(NCc1ccccc1OC(F)F)NCC1CCN(CCOC)CC1. The molecule has 6 nitrogen and oxygen atoms in total. The van der Waals surface area contributed by atoms with Gasteiger partial charge in [-0.3, -0.25) is 4.99 Å². The van der Waals surface area contributed by atoms with Crippen LogP contribution in [0.25, 0.3) is 0 Å². The van der Waals surface area contributed by atoms with E-state index in [1.807, 2.05) is 0 Å². The predicted molar refractivity (Wildman–Crippen MR) is 102 cm³/mol. The number of methoxy groups -OCH3 is 1. The lowest BCUT2D eigenvalue weighted by Crippen LogP contribution is -2.43. The van der Waals surface area contributed by atoms with Gasteiger partial charge in [0.05, 0.1) is 6.61 Å². The van der Waals surface area contributed by atoms with Gasteiger partial charge in [0.15, 0.2) is 5.96 Å². The third kappa shape index (κ3) is 7.68. The van der Waals surface area contributed by atoms with E-state index in [4.69, 9.17) is 4.74 Å². The van der Waals surface area contributed by atoms with Gasteiger partial charge in [-0.2, -0.15) is 8.78 Å². The number of hydrogen-bond donors (Lipinski definition) is 2. The maximum atomic E-state index is 12.5. The molecule has 0 bridgehead atoms. The van der Waals surface area contributed by atoms with Crippen molar-refractivity contribution in [2.45, 2.75) is 26.0 Å². The highest BCUT2D eigenvalue weighted by molar-refractivity contribution is 5.79. The molecule has 0 radical (unpaired) electrons. The highest BCUT2D eigenvalue weighted by Crippen LogP contribution is 2.20. The largest absolute Gasteiger partial charge is 0.434 e. The number of nitrogens with zero attached hydrogens (tertiary/aromatic N) is 2. The number of halogens is 2. The molecule has 27 heavy (non-hydrogen) atoms. The van der Waals surface area contributed by atoms with Crippen LogP contribution in [0.3, 0.4) is 0 Å². The Morgan fingerprint density at radius 2 is 2.00 bits per heavy atom. The normalized spacial score (nSPS) is 16.6. The van der Waals surface area contributed by atoms with Crippen LogP contribution in [0.1, 0.15) is 18.4 Å². The van der Waals surface area contributed by atoms with E-state index < -0.39 is 6.61 Å². The van der Waals surface area contributed by atoms with Crippen LogP contribution in [0.5, 0.6) is 5.75 Å². The van der Waals surface area contributed by atoms with Crippen LogP contribution in [0.2, 0.25) is 0 Å². The zero-order valence-electron chi connectivity index (χ0n) is 16.1. The fourth-order valence-corrected chi connectivity index (χ4v) is 3.14. The minimum Gasteiger partial charge on any atom is -0.434 e. The number of alkyl halides is 2. The van der Waals surface area contributed by atoms with Crippen molar-refractivity contribution < 1.29 is 18.3 Å². The van der Waals surface area contributed by atoms with E-state index in [2.05, 4.69) is 25.3 Å². The molecule has 1 heterocycles. The Hall–Kier alpha value is -1.93. The third-order valence-corrected chi connectivity index (χ3v) is 4.74. The second kappa shape index (κ2) is 11.7. The molecule has 1 fully saturated rings. The first-order chi connectivity index (χ1) is 13.1. The Morgan fingerprint density at radius 1 is 1.26 bits per heavy atom. The van der Waals surface area contributed by atoms with E-state index in [9.17, 15) is 8.78 Å². The standard InChI is InChI=1S/C19H30F2N4O2/c1-22-19(23-13-15-7-9-25(10-8-15)11-12-26-2)24-14-16-5-3-4-6-17(16)27-18(20)21/h3-6,15,18H,7-14H2,1-2H3,(H2,22,23,24). The molecule has 0 spiro atoms. The predicted octanol–water partition coefficient (Wildman–Crippen LogP) is 2.31. The summed E-state index contributed by atoms with van der Waals surface area (Å²) in [5, 5.41) is 6.50. The fourth-order valence-electron chi connectivity index (χ4n) is 3.14. The first-order valence-electron chi connectivity index (χ1n) is 9.31. The molecule has 1 aliphatic heterocycles. The first-order valence-corrected chi connectivity index (χ1v) is 9.31. The van der Waals surface area contributed by atoms with Gasteiger partial charge in [-0.1, -0.05) is 18.2 Å². The quantitative estimate of drug-likeness (QED) is 0.506. The molecular formula is C19H30F2N4O2. The molecular weight excluding hydrogens is 354 g/mol. The summed E-state index contributed by atoms with van der Waals surface area (Å²) in [4.78, 5) is 6.64. The number of para-hydroxylation sites is 1. The lowest BCUT2D eigenvalue weighted by Gasteiger charge is -2.32. The summed E-state index contributed by atoms with van der Waals surface area (Å²) in [5.74, 6) is 1.43. The summed E-state index contributed by atoms with van der Waals surface area (Å²) in [5.41, 5.74) is 0.659. The number of aliphatic imine (C=N–C) groups is 1. The van der Waals surface area contributed by atoms with E-state index >= 15 is 0 Å². The number of rotatable bonds is 9. The van der Waals surface area contributed by atoms with Gasteiger partial charge in [0, 0.05) is 39.4 Å². The smallest absolute Gasteiger partial charge is 0.387 e. The van der Waals surface area contributed by atoms with Crippen molar-refractivity contribution in [1.82, 2.24) is 15.5 Å². The summed E-state index contributed by atoms with van der Waals surface area (Å²) < 4.78 is 34.7. The van der Waals surface area contributed by atoms with Gasteiger partial charge in [0.25, 0.3) is 0 Å². The lowest BCUT2D eigenvalue weighted by molar-refractivity contribution is -0.0504. The molecule has 8 heteroatoms. The molecule has 152 valence electrons. The summed E-state index contributed by atoms with van der Waals surface area (Å²) in [7, 11) is 3.43. The molecule has 2 N–H and O–H groups in total. The molecule has 0 atom stereocenters. The summed E-state index contributed by atoms with van der Waals surface area (Å²) >= 11 is 0. The zero-order valence-corrected chi connectivity index (χ0v) is 16.1. The van der Waals surface area contributed by atoms with E-state index in [1.54, 1.807) is 32.4 Å². The summed E-state index contributed by atoms with van der Waals surface area (Å²) in [6, 6.07) is 6.76. The van der Waals surface area contributed by atoms with Gasteiger partial charge >= 0.3 is 6.61 Å². The minimum atomic E-state index is -2.83. The van der Waals surface area contributed by atoms with Crippen LogP contribution in [-0.2, 0) is 11.3 Å². The molecule has 2 rings (SSSR count). The van der Waals surface area contributed by atoms with Crippen LogP contribution in [0, 0.1) is 5.92 Å². The van der Waals surface area contributed by atoms with Gasteiger partial charge < -0.3 is 25.0 Å². The molecule has 0 aliphatic carbocycles. The van der Waals surface area contributed by atoms with Crippen LogP contribution >= 0.6 is 0 Å². The Balaban J connectivity index is 1.74. The summed E-state index contributed by atoms with van der Waals surface area (Å²) in [6.07, 6.45) is 2.28. The molecule has 1 aromatic rings. The Bertz CT molecular complexity index is 579. The van der Waals surface area contributed by atoms with Gasteiger partial charge in [0.2, 0.25) is 0 Å². The molecule has 0 saturated carbocycles. The van der Waals surface area contributed by atoms with Crippen molar-refractivity contribution in [3.63, 3.8) is 0 Å². The van der Waals surface area contributed by atoms with E-state index in [1.165, 1.54) is 6.07 Å². The molecule has 1 saturated heterocycles. The average Bonchev–Trinajstić information content (AvgIpc) is 2.68. The van der Waals surface area contributed by atoms with E-state index in [0.717, 1.165) is 45.6 Å². The number of nitrogens with one attached hydrogen (secondary N) is 2. The van der Waals surface area contributed by atoms with Gasteiger partial charge in [-0.25, -0.2) is 0 Å². The highest BCUT2D eigenvalue weighted by atomic mass is 19.3. The molecule has 0 unspecified atom stereocenters. The first kappa shape index (κ1) is 21.4. The number of hydrogen-bond acceptors (Lipinski definition) is 4. The molecule has 1 aromatic carbocycles. The maximum Gasteiger partial charge on any atom is 0.387 e. The van der Waals surface area contributed by atoms with Crippen LogP contribution in [0.15, 0.2) is 29.3 Å². The van der Waals surface area contributed by atoms with Gasteiger partial charge in [0.1, 0.15) is 5.75 Å². The third-order valence-electron chi connectivity index (χ3n) is 4.74. The number of benzene rings is 1. The van der Waals surface area contributed by atoms with Crippen LogP contribution < -0.4 is 15.4 Å². The van der Waals surface area contributed by atoms with Crippen molar-refractivity contribution >= 4 is 5.96 Å². The molecule has 0 aromatic heterocycles. The number of likely N-dealkylation sites (tertiary alicyclic amines) is 1. The van der Waals surface area contributed by atoms with Gasteiger partial charge in [-0.05, 0) is 37.9 Å². The van der Waals surface area contributed by atoms with Crippen LogP contribution in [0.4, 0.5) is 8.78 Å². The van der Waals surface area contributed by atoms with Crippen molar-refractivity contribution in [3.8, 4) is 5.75 Å². The molecule has 1 aliphatic rings. The van der Waals surface area contributed by atoms with E-state index in [0.29, 0.717) is 24.0 Å². The van der Waals surface area contributed by atoms with E-state index in [-0.39, 0.29) is 5.75 Å². The minimum absolute atomic E-state index is 0.180. The summed E-state index contributed by atoms with van der Waals surface area (Å²) in [6.45, 7) is 2.29.